The number of carbonyl (C=O) groups excluding carboxylic acids is 2. The third kappa shape index (κ3) is 6.93. The summed E-state index contributed by atoms with van der Waals surface area (Å²) in [6, 6.07) is 20.2. The first-order valence-corrected chi connectivity index (χ1v) is 14.5. The van der Waals surface area contributed by atoms with E-state index >= 15 is 0 Å². The highest BCUT2D eigenvalue weighted by atomic mass is 35.5. The number of benzene rings is 3. The maximum Gasteiger partial charge on any atom is 0.266 e. The molecule has 0 bridgehead atoms. The van der Waals surface area contributed by atoms with E-state index in [1.165, 1.54) is 11.8 Å². The molecule has 0 aromatic heterocycles. The number of ether oxygens (including phenoxy) is 3. The molecule has 2 aliphatic heterocycles. The van der Waals surface area contributed by atoms with E-state index in [2.05, 4.69) is 0 Å². The van der Waals surface area contributed by atoms with Crippen LogP contribution in [0.2, 0.25) is 5.02 Å². The molecule has 0 spiro atoms. The van der Waals surface area contributed by atoms with Crippen molar-refractivity contribution in [2.24, 2.45) is 4.99 Å². The molecule has 0 unspecified atom stereocenters. The van der Waals surface area contributed by atoms with E-state index in [4.69, 9.17) is 30.8 Å². The maximum absolute atomic E-state index is 13.2. The van der Waals surface area contributed by atoms with E-state index < -0.39 is 0 Å². The van der Waals surface area contributed by atoms with Crippen molar-refractivity contribution < 1.29 is 23.8 Å². The molecule has 0 N–H and O–H groups in total. The van der Waals surface area contributed by atoms with Gasteiger partial charge in [-0.2, -0.15) is 0 Å². The summed E-state index contributed by atoms with van der Waals surface area (Å²) in [5.41, 5.74) is 2.96. The van der Waals surface area contributed by atoms with Crippen LogP contribution in [0.3, 0.4) is 0 Å². The zero-order chi connectivity index (χ0) is 28.8. The average molecular weight is 592 g/mol. The summed E-state index contributed by atoms with van der Waals surface area (Å²) in [6.07, 6.45) is 1.82. The van der Waals surface area contributed by atoms with Crippen LogP contribution >= 0.6 is 23.4 Å². The zero-order valence-corrected chi connectivity index (χ0v) is 24.4. The third-order valence-electron chi connectivity index (χ3n) is 6.61. The molecule has 0 aliphatic carbocycles. The highest BCUT2D eigenvalue weighted by Gasteiger charge is 2.32. The molecule has 2 amide bonds. The molecule has 10 heteroatoms. The van der Waals surface area contributed by atoms with Crippen LogP contribution in [0.25, 0.3) is 6.08 Å². The van der Waals surface area contributed by atoms with Gasteiger partial charge in [-0.3, -0.25) is 14.5 Å². The molecule has 8 nitrogen and oxygen atoms in total. The Morgan fingerprint density at radius 2 is 1.85 bits per heavy atom. The second kappa shape index (κ2) is 13.2. The van der Waals surface area contributed by atoms with E-state index in [9.17, 15) is 9.59 Å². The summed E-state index contributed by atoms with van der Waals surface area (Å²) in [7, 11) is 1.58. The molecule has 3 aromatic carbocycles. The Morgan fingerprint density at radius 3 is 2.59 bits per heavy atom. The van der Waals surface area contributed by atoms with Crippen LogP contribution in [0.5, 0.6) is 11.5 Å². The second-order valence-electron chi connectivity index (χ2n) is 9.33. The van der Waals surface area contributed by atoms with Crippen LogP contribution in [-0.4, -0.2) is 66.7 Å². The SMILES string of the molecule is CCN1C(=O)/C(=C\c2ccc(OCc3ccc(Cl)cc3)c(OC)c2)SC1=Nc1cccc(C(=O)N2CCOCC2)c1. The lowest BCUT2D eigenvalue weighted by Crippen LogP contribution is -2.40. The Labute approximate surface area is 248 Å². The van der Waals surface area contributed by atoms with E-state index in [1.807, 2.05) is 67.6 Å². The predicted molar refractivity (Wildman–Crippen MR) is 162 cm³/mol. The molecular formula is C31H30ClN3O5S. The van der Waals surface area contributed by atoms with Crippen LogP contribution in [-0.2, 0) is 16.1 Å². The minimum atomic E-state index is -0.126. The number of aliphatic imine (C=N–C) groups is 1. The van der Waals surface area contributed by atoms with Crippen molar-refractivity contribution in [2.45, 2.75) is 13.5 Å². The number of carbonyl (C=O) groups is 2. The van der Waals surface area contributed by atoms with Crippen molar-refractivity contribution in [2.75, 3.05) is 40.0 Å². The third-order valence-corrected chi connectivity index (χ3v) is 7.87. The predicted octanol–water partition coefficient (Wildman–Crippen LogP) is 6.02. The molecule has 2 heterocycles. The molecule has 3 aromatic rings. The second-order valence-corrected chi connectivity index (χ2v) is 10.8. The molecule has 2 fully saturated rings. The fourth-order valence-corrected chi connectivity index (χ4v) is 5.61. The van der Waals surface area contributed by atoms with Crippen LogP contribution < -0.4 is 9.47 Å². The van der Waals surface area contributed by atoms with Crippen molar-refractivity contribution in [3.63, 3.8) is 0 Å². The zero-order valence-electron chi connectivity index (χ0n) is 22.8. The number of hydrogen-bond donors (Lipinski definition) is 0. The summed E-state index contributed by atoms with van der Waals surface area (Å²) in [5.74, 6) is 0.984. The van der Waals surface area contributed by atoms with E-state index in [-0.39, 0.29) is 11.8 Å². The van der Waals surface area contributed by atoms with Crippen LogP contribution in [0.4, 0.5) is 5.69 Å². The average Bonchev–Trinajstić information content (AvgIpc) is 3.30. The minimum absolute atomic E-state index is 0.0482. The van der Waals surface area contributed by atoms with Crippen molar-refractivity contribution >= 4 is 52.1 Å². The first kappa shape index (κ1) is 28.7. The van der Waals surface area contributed by atoms with Crippen LogP contribution in [0, 0.1) is 0 Å². The van der Waals surface area contributed by atoms with Gasteiger partial charge in [0.25, 0.3) is 11.8 Å². The fourth-order valence-electron chi connectivity index (χ4n) is 4.42. The number of hydrogen-bond acceptors (Lipinski definition) is 7. The van der Waals surface area contributed by atoms with Gasteiger partial charge in [-0.15, -0.1) is 0 Å². The van der Waals surface area contributed by atoms with E-state index in [0.29, 0.717) is 77.3 Å². The standard InChI is InChI=1S/C31H30ClN3O5S/c1-3-35-30(37)28(18-22-9-12-26(27(17-22)38-2)40-20-21-7-10-24(32)11-8-21)41-31(35)33-25-6-4-5-23(19-25)29(36)34-13-15-39-16-14-34/h4-12,17-19H,3,13-16,20H2,1-2H3/b28-18+,33-31?. The van der Waals surface area contributed by atoms with Gasteiger partial charge < -0.3 is 19.1 Å². The van der Waals surface area contributed by atoms with Gasteiger partial charge in [-0.05, 0) is 78.4 Å². The van der Waals surface area contributed by atoms with Crippen molar-refractivity contribution in [3.05, 3.63) is 93.3 Å². The molecule has 2 saturated heterocycles. The normalized spacial score (nSPS) is 17.4. The van der Waals surface area contributed by atoms with Crippen molar-refractivity contribution in [1.29, 1.82) is 0 Å². The summed E-state index contributed by atoms with van der Waals surface area (Å²) in [4.78, 5) is 34.9. The Hall–Kier alpha value is -3.79. The largest absolute Gasteiger partial charge is 0.493 e. The molecule has 0 radical (unpaired) electrons. The van der Waals surface area contributed by atoms with Gasteiger partial charge in [0.15, 0.2) is 16.7 Å². The number of halogens is 1. The molecule has 5 rings (SSSR count). The number of amides is 2. The van der Waals surface area contributed by atoms with Crippen molar-refractivity contribution in [3.8, 4) is 11.5 Å². The summed E-state index contributed by atoms with van der Waals surface area (Å²) in [5, 5.41) is 1.24. The van der Waals surface area contributed by atoms with E-state index in [1.54, 1.807) is 29.0 Å². The van der Waals surface area contributed by atoms with Gasteiger partial charge in [-0.1, -0.05) is 35.9 Å². The summed E-state index contributed by atoms with van der Waals surface area (Å²) < 4.78 is 16.9. The van der Waals surface area contributed by atoms with Crippen LogP contribution in [0.1, 0.15) is 28.4 Å². The number of methoxy groups -OCH3 is 1. The fraction of sp³-hybridized carbons (Fsp3) is 0.258. The van der Waals surface area contributed by atoms with Gasteiger partial charge in [-0.25, -0.2) is 4.99 Å². The number of morpholine rings is 1. The highest BCUT2D eigenvalue weighted by Crippen LogP contribution is 2.36. The Balaban J connectivity index is 1.33. The number of amidine groups is 1. The number of likely N-dealkylation sites (N-methyl/N-ethyl adjacent to an activating group) is 1. The van der Waals surface area contributed by atoms with Gasteiger partial charge in [0.05, 0.1) is 30.9 Å². The molecule has 0 saturated carbocycles. The molecular weight excluding hydrogens is 562 g/mol. The van der Waals surface area contributed by atoms with Gasteiger partial charge in [0.1, 0.15) is 6.61 Å². The van der Waals surface area contributed by atoms with Crippen molar-refractivity contribution in [1.82, 2.24) is 9.80 Å². The Morgan fingerprint density at radius 1 is 1.07 bits per heavy atom. The molecule has 2 aliphatic rings. The first-order valence-electron chi connectivity index (χ1n) is 13.3. The lowest BCUT2D eigenvalue weighted by molar-refractivity contribution is -0.122. The van der Waals surface area contributed by atoms with E-state index in [0.717, 1.165) is 11.1 Å². The number of rotatable bonds is 8. The maximum atomic E-state index is 13.2. The minimum Gasteiger partial charge on any atom is -0.493 e. The number of nitrogens with zero attached hydrogens (tertiary/aromatic N) is 3. The smallest absolute Gasteiger partial charge is 0.266 e. The lowest BCUT2D eigenvalue weighted by Gasteiger charge is -2.26. The topological polar surface area (TPSA) is 80.7 Å². The monoisotopic (exact) mass is 591 g/mol. The van der Waals surface area contributed by atoms with Crippen LogP contribution in [0.15, 0.2) is 76.6 Å². The first-order chi connectivity index (χ1) is 19.9. The summed E-state index contributed by atoms with van der Waals surface area (Å²) >= 11 is 7.27. The van der Waals surface area contributed by atoms with Gasteiger partial charge >= 0.3 is 0 Å². The highest BCUT2D eigenvalue weighted by molar-refractivity contribution is 8.18. The number of thioether (sulfide) groups is 1. The van der Waals surface area contributed by atoms with Gasteiger partial charge in [0, 0.05) is 30.2 Å². The quantitative estimate of drug-likeness (QED) is 0.298. The Kier molecular flexibility index (Phi) is 9.28. The summed E-state index contributed by atoms with van der Waals surface area (Å²) in [6.45, 7) is 4.96. The molecule has 0 atom stereocenters. The van der Waals surface area contributed by atoms with Gasteiger partial charge in [0.2, 0.25) is 0 Å². The molecule has 41 heavy (non-hydrogen) atoms. The molecule has 212 valence electrons. The Bertz CT molecular complexity index is 1490. The lowest BCUT2D eigenvalue weighted by atomic mass is 10.1.